The van der Waals surface area contributed by atoms with Gasteiger partial charge in [-0.05, 0) is 57.0 Å². The SMILES string of the molecule is COc1cc(Br)cc(C)c1Nc1nc2cccc(N(CCCC(=O)O)C(C)C)c2n1C. The molecule has 3 aromatic rings. The van der Waals surface area contributed by atoms with E-state index in [1.807, 2.05) is 42.8 Å². The fraction of sp³-hybridized carbons (Fsp3) is 0.391. The second-order valence-corrected chi connectivity index (χ2v) is 8.76. The Balaban J connectivity index is 2.02. The molecule has 0 amide bonds. The maximum Gasteiger partial charge on any atom is 0.303 e. The highest BCUT2D eigenvalue weighted by atomic mass is 79.9. The Morgan fingerprint density at radius 1 is 1.35 bits per heavy atom. The van der Waals surface area contributed by atoms with Gasteiger partial charge < -0.3 is 24.6 Å². The van der Waals surface area contributed by atoms with E-state index in [4.69, 9.17) is 14.8 Å². The van der Waals surface area contributed by atoms with Crippen molar-refractivity contribution in [2.75, 3.05) is 23.9 Å². The van der Waals surface area contributed by atoms with E-state index >= 15 is 0 Å². The van der Waals surface area contributed by atoms with Crippen LogP contribution in [0.3, 0.4) is 0 Å². The Bertz CT molecular complexity index is 1090. The Morgan fingerprint density at radius 3 is 2.74 bits per heavy atom. The summed E-state index contributed by atoms with van der Waals surface area (Å²) in [7, 11) is 3.63. The number of aryl methyl sites for hydroxylation is 2. The molecule has 0 saturated carbocycles. The number of rotatable bonds is 9. The molecular formula is C23H29BrN4O3. The van der Waals surface area contributed by atoms with E-state index in [1.54, 1.807) is 7.11 Å². The van der Waals surface area contributed by atoms with Gasteiger partial charge in [0.1, 0.15) is 5.75 Å². The number of methoxy groups -OCH3 is 1. The minimum absolute atomic E-state index is 0.153. The monoisotopic (exact) mass is 488 g/mol. The lowest BCUT2D eigenvalue weighted by molar-refractivity contribution is -0.137. The Labute approximate surface area is 191 Å². The van der Waals surface area contributed by atoms with Crippen molar-refractivity contribution < 1.29 is 14.6 Å². The van der Waals surface area contributed by atoms with Gasteiger partial charge in [0, 0.05) is 30.5 Å². The molecule has 2 N–H and O–H groups in total. The summed E-state index contributed by atoms with van der Waals surface area (Å²) in [5.41, 5.74) is 4.83. The minimum Gasteiger partial charge on any atom is -0.495 e. The van der Waals surface area contributed by atoms with Crippen LogP contribution in [-0.2, 0) is 11.8 Å². The maximum absolute atomic E-state index is 11.0. The Hall–Kier alpha value is -2.74. The molecule has 0 aliphatic carbocycles. The number of aliphatic carboxylic acids is 1. The second-order valence-electron chi connectivity index (χ2n) is 7.85. The van der Waals surface area contributed by atoms with Crippen LogP contribution in [0.25, 0.3) is 11.0 Å². The van der Waals surface area contributed by atoms with E-state index < -0.39 is 5.97 Å². The van der Waals surface area contributed by atoms with E-state index in [2.05, 4.69) is 46.1 Å². The van der Waals surface area contributed by atoms with E-state index in [9.17, 15) is 4.79 Å². The van der Waals surface area contributed by atoms with E-state index in [1.165, 1.54) is 0 Å². The number of aromatic nitrogens is 2. The lowest BCUT2D eigenvalue weighted by Gasteiger charge is -2.29. The number of nitrogens with one attached hydrogen (secondary N) is 1. The first kappa shape index (κ1) is 22.9. The zero-order valence-corrected chi connectivity index (χ0v) is 20.2. The van der Waals surface area contributed by atoms with E-state index in [-0.39, 0.29) is 12.5 Å². The van der Waals surface area contributed by atoms with E-state index in [0.717, 1.165) is 38.2 Å². The van der Waals surface area contributed by atoms with Gasteiger partial charge >= 0.3 is 5.97 Å². The molecule has 31 heavy (non-hydrogen) atoms. The van der Waals surface area contributed by atoms with Crippen molar-refractivity contribution in [3.8, 4) is 5.75 Å². The van der Waals surface area contributed by atoms with Gasteiger partial charge in [-0.2, -0.15) is 0 Å². The van der Waals surface area contributed by atoms with Crippen LogP contribution >= 0.6 is 15.9 Å². The summed E-state index contributed by atoms with van der Waals surface area (Å²) in [5, 5.41) is 12.5. The van der Waals surface area contributed by atoms with Gasteiger partial charge in [-0.1, -0.05) is 22.0 Å². The summed E-state index contributed by atoms with van der Waals surface area (Å²) in [5.74, 6) is 0.671. The summed E-state index contributed by atoms with van der Waals surface area (Å²) < 4.78 is 8.56. The predicted molar refractivity (Wildman–Crippen MR) is 129 cm³/mol. The molecule has 0 unspecified atom stereocenters. The molecule has 0 fully saturated rings. The Morgan fingerprint density at radius 2 is 2.10 bits per heavy atom. The highest BCUT2D eigenvalue weighted by Crippen LogP contribution is 2.36. The fourth-order valence-electron chi connectivity index (χ4n) is 3.79. The van der Waals surface area contributed by atoms with Gasteiger partial charge in [0.15, 0.2) is 0 Å². The van der Waals surface area contributed by atoms with Gasteiger partial charge in [0.25, 0.3) is 0 Å². The average molecular weight is 489 g/mol. The summed E-state index contributed by atoms with van der Waals surface area (Å²) in [4.78, 5) is 18.0. The summed E-state index contributed by atoms with van der Waals surface area (Å²) in [6, 6.07) is 10.2. The number of carbonyl (C=O) groups is 1. The molecule has 7 nitrogen and oxygen atoms in total. The highest BCUT2D eigenvalue weighted by Gasteiger charge is 2.19. The standard InChI is InChI=1S/C23H29BrN4O3/c1-14(2)28(11-7-10-20(29)30)18-9-6-8-17-22(18)27(4)23(25-17)26-21-15(3)12-16(24)13-19(21)31-5/h6,8-9,12-14H,7,10-11H2,1-5H3,(H,25,26)(H,29,30). The third kappa shape index (κ3) is 4.95. The largest absolute Gasteiger partial charge is 0.495 e. The normalized spacial score (nSPS) is 11.2. The first-order chi connectivity index (χ1) is 14.7. The number of hydrogen-bond donors (Lipinski definition) is 2. The van der Waals surface area contributed by atoms with Crippen LogP contribution in [0, 0.1) is 6.92 Å². The van der Waals surface area contributed by atoms with Crippen LogP contribution in [0.15, 0.2) is 34.8 Å². The van der Waals surface area contributed by atoms with E-state index in [0.29, 0.717) is 18.9 Å². The van der Waals surface area contributed by atoms with Gasteiger partial charge in [0.05, 0.1) is 29.5 Å². The zero-order chi connectivity index (χ0) is 22.7. The smallest absolute Gasteiger partial charge is 0.303 e. The average Bonchev–Trinajstić information content (AvgIpc) is 3.02. The molecule has 2 aromatic carbocycles. The Kier molecular flexibility index (Phi) is 7.10. The number of para-hydroxylation sites is 1. The summed E-state index contributed by atoms with van der Waals surface area (Å²) >= 11 is 3.51. The number of anilines is 3. The van der Waals surface area contributed by atoms with Crippen LogP contribution in [0.4, 0.5) is 17.3 Å². The van der Waals surface area contributed by atoms with Crippen molar-refractivity contribution >= 4 is 50.3 Å². The molecule has 0 bridgehead atoms. The molecule has 8 heteroatoms. The third-order valence-corrected chi connectivity index (χ3v) is 5.77. The lowest BCUT2D eigenvalue weighted by Crippen LogP contribution is -2.32. The van der Waals surface area contributed by atoms with Crippen LogP contribution in [0.2, 0.25) is 0 Å². The molecule has 0 aliphatic heterocycles. The van der Waals surface area contributed by atoms with Crippen LogP contribution < -0.4 is 15.0 Å². The quantitative estimate of drug-likeness (QED) is 0.415. The van der Waals surface area contributed by atoms with Gasteiger partial charge in [0.2, 0.25) is 5.95 Å². The topological polar surface area (TPSA) is 79.6 Å². The number of nitrogens with zero attached hydrogens (tertiary/aromatic N) is 3. The first-order valence-electron chi connectivity index (χ1n) is 10.3. The number of benzene rings is 2. The molecule has 166 valence electrons. The number of ether oxygens (including phenoxy) is 1. The molecule has 3 rings (SSSR count). The first-order valence-corrected chi connectivity index (χ1v) is 11.1. The van der Waals surface area contributed by atoms with Crippen LogP contribution in [0.5, 0.6) is 5.75 Å². The second kappa shape index (κ2) is 9.60. The van der Waals surface area contributed by atoms with Crippen molar-refractivity contribution in [1.82, 2.24) is 9.55 Å². The zero-order valence-electron chi connectivity index (χ0n) is 18.6. The van der Waals surface area contributed by atoms with Crippen molar-refractivity contribution in [3.05, 3.63) is 40.4 Å². The molecule has 0 radical (unpaired) electrons. The van der Waals surface area contributed by atoms with Crippen molar-refractivity contribution in [3.63, 3.8) is 0 Å². The summed E-state index contributed by atoms with van der Waals surface area (Å²) in [6.45, 7) is 6.92. The predicted octanol–water partition coefficient (Wildman–Crippen LogP) is 5.48. The maximum atomic E-state index is 11.0. The molecule has 0 saturated heterocycles. The molecular weight excluding hydrogens is 460 g/mol. The van der Waals surface area contributed by atoms with Gasteiger partial charge in [-0.25, -0.2) is 4.98 Å². The van der Waals surface area contributed by atoms with Crippen molar-refractivity contribution in [2.45, 2.75) is 39.7 Å². The molecule has 0 aliphatic rings. The number of imidazole rings is 1. The minimum atomic E-state index is -0.771. The molecule has 1 heterocycles. The van der Waals surface area contributed by atoms with Crippen molar-refractivity contribution in [1.29, 1.82) is 0 Å². The number of fused-ring (bicyclic) bond motifs is 1. The molecule has 0 atom stereocenters. The fourth-order valence-corrected chi connectivity index (χ4v) is 4.35. The molecule has 1 aromatic heterocycles. The highest BCUT2D eigenvalue weighted by molar-refractivity contribution is 9.10. The summed E-state index contributed by atoms with van der Waals surface area (Å²) in [6.07, 6.45) is 0.738. The van der Waals surface area contributed by atoms with Crippen molar-refractivity contribution in [2.24, 2.45) is 7.05 Å². The van der Waals surface area contributed by atoms with Gasteiger partial charge in [-0.3, -0.25) is 4.79 Å². The number of carboxylic acid groups (broad SMARTS) is 1. The third-order valence-electron chi connectivity index (χ3n) is 5.32. The number of hydrogen-bond acceptors (Lipinski definition) is 5. The van der Waals surface area contributed by atoms with Crippen LogP contribution in [0.1, 0.15) is 32.3 Å². The van der Waals surface area contributed by atoms with Crippen LogP contribution in [-0.4, -0.2) is 40.3 Å². The molecule has 0 spiro atoms. The van der Waals surface area contributed by atoms with Gasteiger partial charge in [-0.15, -0.1) is 0 Å². The number of carboxylic acids is 1. The lowest BCUT2D eigenvalue weighted by atomic mass is 10.1. The number of halogens is 1.